The molecule has 0 radical (unpaired) electrons. The minimum absolute atomic E-state index is 0.0648. The number of hydrogen-bond donors (Lipinski definition) is 0. The molecule has 0 aromatic heterocycles. The van der Waals surface area contributed by atoms with Gasteiger partial charge in [-0.3, -0.25) is 10.1 Å². The lowest BCUT2D eigenvalue weighted by molar-refractivity contribution is -0.433. The highest BCUT2D eigenvalue weighted by atomic mass is 16.6. The Balaban J connectivity index is 1.46. The summed E-state index contributed by atoms with van der Waals surface area (Å²) in [5.41, 5.74) is 8.35. The van der Waals surface area contributed by atoms with Crippen LogP contribution in [0.5, 0.6) is 0 Å². The van der Waals surface area contributed by atoms with Gasteiger partial charge in [-0.2, -0.15) is 4.58 Å². The van der Waals surface area contributed by atoms with E-state index in [-0.39, 0.29) is 22.1 Å². The Morgan fingerprint density at radius 1 is 0.896 bits per heavy atom. The van der Waals surface area contributed by atoms with E-state index in [1.54, 1.807) is 12.1 Å². The molecule has 2 aliphatic heterocycles. The van der Waals surface area contributed by atoms with Crippen LogP contribution in [0.4, 0.5) is 17.1 Å². The highest BCUT2D eigenvalue weighted by Gasteiger charge is 2.43. The minimum Gasteiger partial charge on any atom is -0.422 e. The molecule has 0 fully saturated rings. The predicted octanol–water partition coefficient (Wildman–Crippen LogP) is 9.47. The number of hydrogen-bond acceptors (Lipinski definition) is 5. The maximum Gasteiger partial charge on any atom is 0.350 e. The van der Waals surface area contributed by atoms with Crippen LogP contribution in [0, 0.1) is 10.1 Å². The standard InChI is InChI=1S/C41H44N3O4/c1-7-42-34-22-13-10-19-31(34)40(3,4)36(42)26-24-28-16-15-17-29(38(28)48-39(45)30-18-9-12-21-33(30)44(46)47)25-27-37-41(5,6)32-20-11-14-23-35(32)43(37)8-2/h9-14,18-27H,7-8,15-17H2,1-6H3/q+1. The van der Waals surface area contributed by atoms with E-state index in [2.05, 4.69) is 124 Å². The van der Waals surface area contributed by atoms with E-state index in [0.29, 0.717) is 18.6 Å². The lowest BCUT2D eigenvalue weighted by Gasteiger charge is -2.26. The van der Waals surface area contributed by atoms with Crippen LogP contribution in [0.1, 0.15) is 82.3 Å². The molecule has 0 unspecified atom stereocenters. The maximum atomic E-state index is 13.7. The summed E-state index contributed by atoms with van der Waals surface area (Å²) in [7, 11) is 0. The lowest BCUT2D eigenvalue weighted by atomic mass is 9.81. The fraction of sp³-hybridized carbons (Fsp3) is 0.317. The van der Waals surface area contributed by atoms with E-state index < -0.39 is 10.9 Å². The van der Waals surface area contributed by atoms with Gasteiger partial charge in [0.2, 0.25) is 5.69 Å². The Morgan fingerprint density at radius 3 is 2.31 bits per heavy atom. The number of carbonyl (C=O) groups is 1. The van der Waals surface area contributed by atoms with E-state index in [9.17, 15) is 14.9 Å². The van der Waals surface area contributed by atoms with Crippen LogP contribution in [-0.2, 0) is 15.6 Å². The van der Waals surface area contributed by atoms with Gasteiger partial charge in [0, 0.05) is 47.1 Å². The van der Waals surface area contributed by atoms with Crippen molar-refractivity contribution >= 4 is 28.7 Å². The maximum absolute atomic E-state index is 13.7. The molecule has 0 N–H and O–H groups in total. The Labute approximate surface area is 283 Å². The molecule has 3 aromatic rings. The number of nitro benzene ring substituents is 1. The summed E-state index contributed by atoms with van der Waals surface area (Å²) in [6.45, 7) is 14.9. The fourth-order valence-electron chi connectivity index (χ4n) is 7.63. The molecule has 0 saturated heterocycles. The quantitative estimate of drug-likeness (QED) is 0.106. The van der Waals surface area contributed by atoms with Crippen molar-refractivity contribution in [3.8, 4) is 0 Å². The normalized spacial score (nSPS) is 19.8. The van der Waals surface area contributed by atoms with E-state index in [1.165, 1.54) is 46.0 Å². The first-order valence-corrected chi connectivity index (χ1v) is 16.9. The van der Waals surface area contributed by atoms with Gasteiger partial charge in [0.05, 0.1) is 10.3 Å². The van der Waals surface area contributed by atoms with Gasteiger partial charge in [0.15, 0.2) is 5.71 Å². The number of ether oxygens (including phenoxy) is 1. The molecule has 0 saturated carbocycles. The molecule has 6 rings (SSSR count). The van der Waals surface area contributed by atoms with Gasteiger partial charge in [-0.15, -0.1) is 0 Å². The van der Waals surface area contributed by atoms with Crippen molar-refractivity contribution < 1.29 is 19.0 Å². The van der Waals surface area contributed by atoms with Gasteiger partial charge >= 0.3 is 5.97 Å². The topological polar surface area (TPSA) is 75.7 Å². The van der Waals surface area contributed by atoms with Gasteiger partial charge in [-0.05, 0) is 88.0 Å². The third-order valence-electron chi connectivity index (χ3n) is 10.1. The smallest absolute Gasteiger partial charge is 0.350 e. The third kappa shape index (κ3) is 5.61. The molecule has 0 amide bonds. The Morgan fingerprint density at radius 2 is 1.58 bits per heavy atom. The van der Waals surface area contributed by atoms with Crippen molar-refractivity contribution in [2.75, 3.05) is 18.0 Å². The Bertz CT molecular complexity index is 1960. The molecule has 2 heterocycles. The summed E-state index contributed by atoms with van der Waals surface area (Å²) < 4.78 is 8.55. The zero-order valence-electron chi connectivity index (χ0n) is 28.7. The fourth-order valence-corrected chi connectivity index (χ4v) is 7.63. The second-order valence-corrected chi connectivity index (χ2v) is 13.6. The first kappa shape index (κ1) is 32.9. The van der Waals surface area contributed by atoms with Crippen molar-refractivity contribution in [3.05, 3.63) is 147 Å². The molecule has 0 atom stereocenters. The number of benzene rings is 3. The van der Waals surface area contributed by atoms with E-state index in [0.717, 1.165) is 30.7 Å². The Kier molecular flexibility index (Phi) is 8.82. The summed E-state index contributed by atoms with van der Waals surface area (Å²) in [5.74, 6) is -0.255. The van der Waals surface area contributed by atoms with Crippen LogP contribution in [0.2, 0.25) is 0 Å². The molecule has 0 bridgehead atoms. The van der Waals surface area contributed by atoms with Gasteiger partial charge in [-0.25, -0.2) is 4.79 Å². The van der Waals surface area contributed by atoms with Crippen molar-refractivity contribution in [3.63, 3.8) is 0 Å². The minimum atomic E-state index is -0.733. The van der Waals surface area contributed by atoms with Crippen molar-refractivity contribution in [2.45, 2.75) is 71.6 Å². The van der Waals surface area contributed by atoms with Crippen LogP contribution in [0.25, 0.3) is 0 Å². The van der Waals surface area contributed by atoms with Gasteiger partial charge in [-0.1, -0.05) is 68.5 Å². The molecule has 3 aromatic carbocycles. The Hall–Kier alpha value is -5.04. The first-order chi connectivity index (χ1) is 23.0. The number of fused-ring (bicyclic) bond motifs is 2. The highest BCUT2D eigenvalue weighted by molar-refractivity contribution is 6.03. The second kappa shape index (κ2) is 12.9. The lowest BCUT2D eigenvalue weighted by Crippen LogP contribution is -2.27. The van der Waals surface area contributed by atoms with Crippen LogP contribution in [-0.4, -0.2) is 34.3 Å². The van der Waals surface area contributed by atoms with E-state index >= 15 is 0 Å². The summed E-state index contributed by atoms with van der Waals surface area (Å²) in [6, 6.07) is 23.0. The van der Waals surface area contributed by atoms with Crippen LogP contribution in [0.15, 0.2) is 120 Å². The molecular formula is C41H44N3O4+. The van der Waals surface area contributed by atoms with Crippen LogP contribution in [0.3, 0.4) is 0 Å². The monoisotopic (exact) mass is 642 g/mol. The van der Waals surface area contributed by atoms with Gasteiger partial charge < -0.3 is 9.64 Å². The molecule has 3 aliphatic rings. The van der Waals surface area contributed by atoms with Crippen molar-refractivity contribution in [1.29, 1.82) is 0 Å². The van der Waals surface area contributed by atoms with E-state index in [4.69, 9.17) is 4.74 Å². The number of anilines is 1. The zero-order valence-corrected chi connectivity index (χ0v) is 28.7. The van der Waals surface area contributed by atoms with Crippen LogP contribution < -0.4 is 4.90 Å². The average molecular weight is 643 g/mol. The number of carbonyl (C=O) groups excluding carboxylic acids is 1. The number of para-hydroxylation sites is 3. The van der Waals surface area contributed by atoms with Gasteiger partial charge in [0.25, 0.3) is 5.69 Å². The van der Waals surface area contributed by atoms with Crippen molar-refractivity contribution in [2.24, 2.45) is 0 Å². The van der Waals surface area contributed by atoms with E-state index in [1.807, 2.05) is 0 Å². The number of allylic oxidation sites excluding steroid dienone is 7. The van der Waals surface area contributed by atoms with Gasteiger partial charge in [0.1, 0.15) is 17.9 Å². The highest BCUT2D eigenvalue weighted by Crippen LogP contribution is 2.48. The second-order valence-electron chi connectivity index (χ2n) is 13.6. The molecule has 48 heavy (non-hydrogen) atoms. The SMILES string of the molecule is CCN1/C(=C\C=C2\CCCC(/C=C/C3=[N+](CC)c4ccccc4C3(C)C)=C2OC(=O)c2ccccc2[N+](=O)[O-])C(C)(C)c2ccccc21. The number of nitro groups is 1. The molecule has 1 aliphatic carbocycles. The molecule has 7 nitrogen and oxygen atoms in total. The largest absolute Gasteiger partial charge is 0.422 e. The summed E-state index contributed by atoms with van der Waals surface area (Å²) >= 11 is 0. The number of esters is 1. The first-order valence-electron chi connectivity index (χ1n) is 16.9. The average Bonchev–Trinajstić information content (AvgIpc) is 3.44. The number of rotatable bonds is 8. The molecule has 246 valence electrons. The molecule has 0 spiro atoms. The third-order valence-corrected chi connectivity index (χ3v) is 10.1. The zero-order chi connectivity index (χ0) is 34.2. The summed E-state index contributed by atoms with van der Waals surface area (Å²) in [6.07, 6.45) is 10.8. The summed E-state index contributed by atoms with van der Waals surface area (Å²) in [5, 5.41) is 11.8. The van der Waals surface area contributed by atoms with Crippen molar-refractivity contribution in [1.82, 2.24) is 0 Å². The predicted molar refractivity (Wildman–Crippen MR) is 192 cm³/mol. The molecular weight excluding hydrogens is 598 g/mol. The number of nitrogens with zero attached hydrogens (tertiary/aromatic N) is 3. The van der Waals surface area contributed by atoms with Crippen LogP contribution >= 0.6 is 0 Å². The molecule has 7 heteroatoms. The number of likely N-dealkylation sites (N-methyl/N-ethyl adjacent to an activating group) is 1. The summed E-state index contributed by atoms with van der Waals surface area (Å²) in [4.78, 5) is 27.3.